The fourth-order valence-electron chi connectivity index (χ4n) is 2.51. The number of carbonyl (C=O) groups excluding carboxylic acids is 1. The Morgan fingerprint density at radius 1 is 1.11 bits per heavy atom. The van der Waals surface area contributed by atoms with Crippen LogP contribution in [-0.4, -0.2) is 17.1 Å². The Hall–Kier alpha value is -2.27. The van der Waals surface area contributed by atoms with E-state index >= 15 is 0 Å². The summed E-state index contributed by atoms with van der Waals surface area (Å²) in [5, 5.41) is 0. The second-order valence-electron chi connectivity index (χ2n) is 7.16. The van der Waals surface area contributed by atoms with Gasteiger partial charge in [0, 0.05) is 12.3 Å². The first-order chi connectivity index (χ1) is 12.3. The average Bonchev–Trinajstić information content (AvgIpc) is 2.61. The molecule has 1 heterocycles. The van der Waals surface area contributed by atoms with Crippen molar-refractivity contribution in [1.29, 1.82) is 0 Å². The summed E-state index contributed by atoms with van der Waals surface area (Å²) in [7, 11) is 0. The van der Waals surface area contributed by atoms with Crippen LogP contribution in [0.3, 0.4) is 0 Å². The molecular weight excluding hydrogens is 366 g/mol. The zero-order valence-electron chi connectivity index (χ0n) is 16.4. The maximum Gasteiger partial charge on any atom is 0.311 e. The fraction of sp³-hybridized carbons (Fsp3) is 0.429. The third-order valence-electron chi connectivity index (χ3n) is 3.98. The molecule has 0 fully saturated rings. The van der Waals surface area contributed by atoms with Crippen molar-refractivity contribution < 1.29 is 14.3 Å². The number of rotatable bonds is 7. The topological polar surface area (TPSA) is 57.5 Å². The molecule has 0 spiro atoms. The van der Waals surface area contributed by atoms with E-state index in [1.807, 2.05) is 62.6 Å². The Kier molecular flexibility index (Phi) is 8.57. The Bertz CT molecular complexity index is 794. The van der Waals surface area contributed by atoms with Crippen molar-refractivity contribution in [2.24, 2.45) is 5.41 Å². The molecule has 0 bridgehead atoms. The van der Waals surface area contributed by atoms with Crippen molar-refractivity contribution in [1.82, 2.24) is 4.57 Å². The lowest BCUT2D eigenvalue weighted by molar-refractivity contribution is -0.153. The summed E-state index contributed by atoms with van der Waals surface area (Å²) < 4.78 is 13.1. The number of nitrogens with zero attached hydrogens (tertiary/aromatic N) is 1. The predicted octanol–water partition coefficient (Wildman–Crippen LogP) is 4.00. The van der Waals surface area contributed by atoms with Crippen LogP contribution in [0.5, 0.6) is 5.75 Å². The van der Waals surface area contributed by atoms with Gasteiger partial charge in [0.1, 0.15) is 13.2 Å². The van der Waals surface area contributed by atoms with Crippen molar-refractivity contribution in [3.8, 4) is 5.75 Å². The molecule has 2 aromatic rings. The average molecular weight is 394 g/mol. The van der Waals surface area contributed by atoms with Crippen LogP contribution >= 0.6 is 12.4 Å². The van der Waals surface area contributed by atoms with E-state index < -0.39 is 5.41 Å². The molecule has 0 unspecified atom stereocenters. The van der Waals surface area contributed by atoms with Crippen LogP contribution in [0.4, 0.5) is 0 Å². The molecule has 0 saturated carbocycles. The first-order valence-electron chi connectivity index (χ1n) is 8.89. The van der Waals surface area contributed by atoms with E-state index in [2.05, 4.69) is 0 Å². The smallest absolute Gasteiger partial charge is 0.311 e. The van der Waals surface area contributed by atoms with Gasteiger partial charge in [0.2, 0.25) is 5.43 Å². The molecule has 6 heteroatoms. The van der Waals surface area contributed by atoms with Crippen molar-refractivity contribution in [2.45, 2.75) is 47.3 Å². The molecule has 27 heavy (non-hydrogen) atoms. The molecule has 1 aromatic carbocycles. The van der Waals surface area contributed by atoms with Gasteiger partial charge in [-0.25, -0.2) is 0 Å². The monoisotopic (exact) mass is 393 g/mol. The molecule has 0 aliphatic rings. The molecule has 0 aliphatic heterocycles. The molecule has 148 valence electrons. The van der Waals surface area contributed by atoms with E-state index in [-0.39, 0.29) is 30.4 Å². The summed E-state index contributed by atoms with van der Waals surface area (Å²) in [6.07, 6.45) is 2.37. The Balaban J connectivity index is 0.00000364. The Morgan fingerprint density at radius 2 is 1.78 bits per heavy atom. The zero-order chi connectivity index (χ0) is 19.2. The van der Waals surface area contributed by atoms with Crippen molar-refractivity contribution >= 4 is 18.4 Å². The summed E-state index contributed by atoms with van der Waals surface area (Å²) in [4.78, 5) is 24.1. The minimum Gasteiger partial charge on any atom is -0.483 e. The Labute approximate surface area is 166 Å². The van der Waals surface area contributed by atoms with Crippen LogP contribution in [0, 0.1) is 5.41 Å². The fourth-order valence-corrected chi connectivity index (χ4v) is 2.51. The minimum absolute atomic E-state index is 0. The summed E-state index contributed by atoms with van der Waals surface area (Å²) in [5.41, 5.74) is 1.14. The Morgan fingerprint density at radius 3 is 2.37 bits per heavy atom. The van der Waals surface area contributed by atoms with Crippen molar-refractivity contribution in [3.63, 3.8) is 0 Å². The van der Waals surface area contributed by atoms with E-state index in [9.17, 15) is 9.59 Å². The second kappa shape index (κ2) is 10.2. The molecule has 0 amide bonds. The standard InChI is InChI=1S/C21H27NO4.ClH/c1-5-17-19(26-15-16-9-7-6-8-10-16)18(23)11-12-22(17)13-14-25-20(24)21(2,3)4;/h6-12H,5,13-15H2,1-4H3;1H. The van der Waals surface area contributed by atoms with Crippen molar-refractivity contribution in [3.05, 3.63) is 64.1 Å². The van der Waals surface area contributed by atoms with E-state index in [0.717, 1.165) is 11.3 Å². The molecule has 0 aliphatic carbocycles. The van der Waals surface area contributed by atoms with Gasteiger partial charge >= 0.3 is 5.97 Å². The van der Waals surface area contributed by atoms with Gasteiger partial charge in [0.05, 0.1) is 17.7 Å². The van der Waals surface area contributed by atoms with Gasteiger partial charge in [0.15, 0.2) is 5.75 Å². The largest absolute Gasteiger partial charge is 0.483 e. The zero-order valence-corrected chi connectivity index (χ0v) is 17.2. The maximum atomic E-state index is 12.3. The van der Waals surface area contributed by atoms with Crippen LogP contribution < -0.4 is 10.2 Å². The number of hydrogen-bond acceptors (Lipinski definition) is 4. The van der Waals surface area contributed by atoms with Gasteiger partial charge < -0.3 is 14.0 Å². The summed E-state index contributed by atoms with van der Waals surface area (Å²) in [6.45, 7) is 8.51. The van der Waals surface area contributed by atoms with Gasteiger partial charge in [-0.15, -0.1) is 12.4 Å². The molecule has 0 atom stereocenters. The van der Waals surface area contributed by atoms with E-state index in [1.54, 1.807) is 6.20 Å². The van der Waals surface area contributed by atoms with Crippen LogP contribution in [-0.2, 0) is 29.1 Å². The van der Waals surface area contributed by atoms with Crippen LogP contribution in [0.2, 0.25) is 0 Å². The quantitative estimate of drug-likeness (QED) is 0.667. The summed E-state index contributed by atoms with van der Waals surface area (Å²) >= 11 is 0. The highest BCUT2D eigenvalue weighted by Crippen LogP contribution is 2.17. The van der Waals surface area contributed by atoms with Crippen molar-refractivity contribution in [2.75, 3.05) is 6.61 Å². The molecule has 5 nitrogen and oxygen atoms in total. The molecule has 0 saturated heterocycles. The molecule has 1 aromatic heterocycles. The first-order valence-corrected chi connectivity index (χ1v) is 8.89. The number of benzene rings is 1. The van der Waals surface area contributed by atoms with E-state index in [1.165, 1.54) is 6.07 Å². The number of halogens is 1. The third kappa shape index (κ3) is 6.43. The highest BCUT2D eigenvalue weighted by atomic mass is 35.5. The van der Waals surface area contributed by atoms with Crippen LogP contribution in [0.1, 0.15) is 39.0 Å². The normalized spacial score (nSPS) is 10.8. The van der Waals surface area contributed by atoms with Gasteiger partial charge in [-0.2, -0.15) is 0 Å². The SMILES string of the molecule is CCc1c(OCc2ccccc2)c(=O)ccn1CCOC(=O)C(C)(C)C.Cl. The minimum atomic E-state index is -0.527. The number of hydrogen-bond donors (Lipinski definition) is 0. The number of carbonyl (C=O) groups is 1. The summed E-state index contributed by atoms with van der Waals surface area (Å²) in [5.74, 6) is 0.123. The van der Waals surface area contributed by atoms with E-state index in [0.29, 0.717) is 25.3 Å². The highest BCUT2D eigenvalue weighted by molar-refractivity contribution is 5.85. The lowest BCUT2D eigenvalue weighted by Gasteiger charge is -2.19. The van der Waals surface area contributed by atoms with Crippen LogP contribution in [0.15, 0.2) is 47.4 Å². The number of esters is 1. The van der Waals surface area contributed by atoms with Gasteiger partial charge in [0.25, 0.3) is 0 Å². The third-order valence-corrected chi connectivity index (χ3v) is 3.98. The lowest BCUT2D eigenvalue weighted by Crippen LogP contribution is -2.25. The van der Waals surface area contributed by atoms with Gasteiger partial charge in [-0.1, -0.05) is 37.3 Å². The molecule has 0 radical (unpaired) electrons. The van der Waals surface area contributed by atoms with Crippen LogP contribution in [0.25, 0.3) is 0 Å². The highest BCUT2D eigenvalue weighted by Gasteiger charge is 2.22. The summed E-state index contributed by atoms with van der Waals surface area (Å²) in [6, 6.07) is 11.2. The lowest BCUT2D eigenvalue weighted by atomic mass is 9.97. The second-order valence-corrected chi connectivity index (χ2v) is 7.16. The number of ether oxygens (including phenoxy) is 2. The molecular formula is C21H28ClNO4. The first kappa shape index (κ1) is 22.8. The molecule has 0 N–H and O–H groups in total. The van der Waals surface area contributed by atoms with E-state index in [4.69, 9.17) is 9.47 Å². The predicted molar refractivity (Wildman–Crippen MR) is 109 cm³/mol. The van der Waals surface area contributed by atoms with Gasteiger partial charge in [-0.3, -0.25) is 9.59 Å². The molecule has 2 rings (SSSR count). The maximum absolute atomic E-state index is 12.3. The number of pyridine rings is 1. The van der Waals surface area contributed by atoms with Gasteiger partial charge in [-0.05, 0) is 32.8 Å². The number of aromatic nitrogens is 1.